The fraction of sp³-hybridized carbons (Fsp3) is 0.263. The molecule has 124 valence electrons. The van der Waals surface area contributed by atoms with Gasteiger partial charge in [-0.1, -0.05) is 30.0 Å². The van der Waals surface area contributed by atoms with Crippen molar-refractivity contribution in [3.8, 4) is 0 Å². The fourth-order valence-electron chi connectivity index (χ4n) is 2.50. The SMILES string of the molecule is Cc1ccc(C(=O)N2CCN=C2SCc2ccc(F)cc2)cc1C. The normalized spacial score (nSPS) is 14.0. The molecule has 1 aliphatic heterocycles. The Labute approximate surface area is 145 Å². The molecule has 1 aliphatic rings. The van der Waals surface area contributed by atoms with E-state index < -0.39 is 0 Å². The molecule has 0 fully saturated rings. The van der Waals surface area contributed by atoms with Crippen LogP contribution in [0.25, 0.3) is 0 Å². The lowest BCUT2D eigenvalue weighted by atomic mass is 10.1. The van der Waals surface area contributed by atoms with Crippen LogP contribution < -0.4 is 0 Å². The molecular formula is C19H19FN2OS. The predicted molar refractivity (Wildman–Crippen MR) is 96.9 cm³/mol. The summed E-state index contributed by atoms with van der Waals surface area (Å²) in [5, 5.41) is 0.738. The van der Waals surface area contributed by atoms with Gasteiger partial charge in [-0.05, 0) is 54.8 Å². The average molecular weight is 342 g/mol. The Balaban J connectivity index is 1.69. The minimum absolute atomic E-state index is 0.0130. The second-order valence-electron chi connectivity index (χ2n) is 5.84. The van der Waals surface area contributed by atoms with Crippen LogP contribution in [0.1, 0.15) is 27.0 Å². The van der Waals surface area contributed by atoms with Crippen LogP contribution in [0.2, 0.25) is 0 Å². The summed E-state index contributed by atoms with van der Waals surface area (Å²) in [6.45, 7) is 5.28. The third-order valence-corrected chi connectivity index (χ3v) is 5.17. The van der Waals surface area contributed by atoms with Gasteiger partial charge in [-0.25, -0.2) is 4.39 Å². The van der Waals surface area contributed by atoms with Gasteiger partial charge in [0.1, 0.15) is 5.82 Å². The molecule has 0 spiro atoms. The summed E-state index contributed by atoms with van der Waals surface area (Å²) < 4.78 is 13.0. The second kappa shape index (κ2) is 7.18. The number of nitrogens with zero attached hydrogens (tertiary/aromatic N) is 2. The number of rotatable bonds is 3. The quantitative estimate of drug-likeness (QED) is 0.838. The van der Waals surface area contributed by atoms with E-state index in [0.29, 0.717) is 24.4 Å². The Kier molecular flexibility index (Phi) is 5.00. The molecule has 0 aliphatic carbocycles. The fourth-order valence-corrected chi connectivity index (χ4v) is 3.50. The summed E-state index contributed by atoms with van der Waals surface area (Å²) in [5.41, 5.74) is 3.98. The number of thioether (sulfide) groups is 1. The molecule has 2 aromatic carbocycles. The van der Waals surface area contributed by atoms with Crippen LogP contribution in [0, 0.1) is 19.7 Å². The largest absolute Gasteiger partial charge is 0.286 e. The highest BCUT2D eigenvalue weighted by Crippen LogP contribution is 2.22. The number of aryl methyl sites for hydroxylation is 2. The molecular weight excluding hydrogens is 323 g/mol. The second-order valence-corrected chi connectivity index (χ2v) is 6.78. The Hall–Kier alpha value is -2.14. The van der Waals surface area contributed by atoms with Gasteiger partial charge in [0.15, 0.2) is 5.17 Å². The van der Waals surface area contributed by atoms with Gasteiger partial charge in [-0.2, -0.15) is 0 Å². The standard InChI is InChI=1S/C19H19FN2OS/c1-13-3-6-16(11-14(13)2)18(23)22-10-9-21-19(22)24-12-15-4-7-17(20)8-5-15/h3-8,11H,9-10,12H2,1-2H3. The van der Waals surface area contributed by atoms with E-state index >= 15 is 0 Å². The van der Waals surface area contributed by atoms with Gasteiger partial charge < -0.3 is 0 Å². The van der Waals surface area contributed by atoms with E-state index in [9.17, 15) is 9.18 Å². The van der Waals surface area contributed by atoms with Crippen LogP contribution in [0.15, 0.2) is 47.5 Å². The van der Waals surface area contributed by atoms with Crippen LogP contribution in [-0.2, 0) is 5.75 Å². The topological polar surface area (TPSA) is 32.7 Å². The van der Waals surface area contributed by atoms with Crippen molar-refractivity contribution in [3.05, 3.63) is 70.5 Å². The number of hydrogen-bond donors (Lipinski definition) is 0. The number of carbonyl (C=O) groups is 1. The number of amidine groups is 1. The van der Waals surface area contributed by atoms with Crippen LogP contribution in [0.5, 0.6) is 0 Å². The summed E-state index contributed by atoms with van der Waals surface area (Å²) in [6, 6.07) is 12.2. The number of carbonyl (C=O) groups excluding carboxylic acids is 1. The molecule has 3 rings (SSSR count). The number of benzene rings is 2. The molecule has 0 saturated heterocycles. The molecule has 0 saturated carbocycles. The van der Waals surface area contributed by atoms with Crippen LogP contribution in [-0.4, -0.2) is 29.1 Å². The van der Waals surface area contributed by atoms with Gasteiger partial charge in [-0.15, -0.1) is 0 Å². The molecule has 1 heterocycles. The lowest BCUT2D eigenvalue weighted by Crippen LogP contribution is -2.32. The minimum atomic E-state index is -0.242. The van der Waals surface area contributed by atoms with E-state index in [1.165, 1.54) is 29.5 Å². The van der Waals surface area contributed by atoms with E-state index in [1.54, 1.807) is 17.0 Å². The molecule has 0 aromatic heterocycles. The van der Waals surface area contributed by atoms with E-state index in [-0.39, 0.29) is 11.7 Å². The molecule has 0 N–H and O–H groups in total. The molecule has 5 heteroatoms. The summed E-state index contributed by atoms with van der Waals surface area (Å²) in [5.74, 6) is 0.407. The van der Waals surface area contributed by atoms with Gasteiger partial charge in [0.2, 0.25) is 0 Å². The third-order valence-electron chi connectivity index (χ3n) is 4.08. The first-order valence-electron chi connectivity index (χ1n) is 7.85. The number of halogens is 1. The van der Waals surface area contributed by atoms with Crippen molar-refractivity contribution in [2.75, 3.05) is 13.1 Å². The first-order chi connectivity index (χ1) is 11.5. The van der Waals surface area contributed by atoms with Crippen molar-refractivity contribution in [1.82, 2.24) is 4.90 Å². The van der Waals surface area contributed by atoms with E-state index in [2.05, 4.69) is 4.99 Å². The maximum atomic E-state index is 13.0. The Morgan fingerprint density at radius 3 is 2.62 bits per heavy atom. The zero-order chi connectivity index (χ0) is 17.1. The molecule has 0 unspecified atom stereocenters. The number of hydrogen-bond acceptors (Lipinski definition) is 3. The Morgan fingerprint density at radius 2 is 1.92 bits per heavy atom. The zero-order valence-corrected chi connectivity index (χ0v) is 14.6. The van der Waals surface area contributed by atoms with E-state index in [4.69, 9.17) is 0 Å². The summed E-state index contributed by atoms with van der Waals surface area (Å²) in [6.07, 6.45) is 0. The molecule has 24 heavy (non-hydrogen) atoms. The molecule has 0 radical (unpaired) electrons. The predicted octanol–water partition coefficient (Wildman–Crippen LogP) is 4.19. The van der Waals surface area contributed by atoms with Crippen molar-refractivity contribution < 1.29 is 9.18 Å². The molecule has 0 bridgehead atoms. The number of amides is 1. The van der Waals surface area contributed by atoms with Crippen molar-refractivity contribution in [2.45, 2.75) is 19.6 Å². The van der Waals surface area contributed by atoms with Gasteiger partial charge >= 0.3 is 0 Å². The smallest absolute Gasteiger partial charge is 0.259 e. The van der Waals surface area contributed by atoms with Gasteiger partial charge in [0.25, 0.3) is 5.91 Å². The Morgan fingerprint density at radius 1 is 1.17 bits per heavy atom. The van der Waals surface area contributed by atoms with Gasteiger partial charge in [0.05, 0.1) is 6.54 Å². The van der Waals surface area contributed by atoms with Gasteiger partial charge in [0, 0.05) is 17.9 Å². The number of aliphatic imine (C=N–C) groups is 1. The summed E-state index contributed by atoms with van der Waals surface area (Å²) in [7, 11) is 0. The summed E-state index contributed by atoms with van der Waals surface area (Å²) >= 11 is 1.51. The van der Waals surface area contributed by atoms with E-state index in [1.807, 2.05) is 32.0 Å². The maximum absolute atomic E-state index is 13.0. The molecule has 3 nitrogen and oxygen atoms in total. The maximum Gasteiger partial charge on any atom is 0.259 e. The van der Waals surface area contributed by atoms with Crippen molar-refractivity contribution in [2.24, 2.45) is 4.99 Å². The van der Waals surface area contributed by atoms with Crippen LogP contribution >= 0.6 is 11.8 Å². The molecule has 1 amide bonds. The highest BCUT2D eigenvalue weighted by atomic mass is 32.2. The molecule has 0 atom stereocenters. The van der Waals surface area contributed by atoms with Crippen molar-refractivity contribution in [3.63, 3.8) is 0 Å². The lowest BCUT2D eigenvalue weighted by Gasteiger charge is -2.18. The Bertz CT molecular complexity index is 786. The van der Waals surface area contributed by atoms with Gasteiger partial charge in [-0.3, -0.25) is 14.7 Å². The highest BCUT2D eigenvalue weighted by Gasteiger charge is 2.25. The third kappa shape index (κ3) is 3.67. The van der Waals surface area contributed by atoms with Crippen LogP contribution in [0.4, 0.5) is 4.39 Å². The van der Waals surface area contributed by atoms with E-state index in [0.717, 1.165) is 16.3 Å². The highest BCUT2D eigenvalue weighted by molar-refractivity contribution is 8.13. The van der Waals surface area contributed by atoms with Crippen LogP contribution in [0.3, 0.4) is 0 Å². The zero-order valence-electron chi connectivity index (χ0n) is 13.8. The lowest BCUT2D eigenvalue weighted by molar-refractivity contribution is 0.0860. The monoisotopic (exact) mass is 342 g/mol. The molecule has 2 aromatic rings. The minimum Gasteiger partial charge on any atom is -0.286 e. The first kappa shape index (κ1) is 16.7. The van der Waals surface area contributed by atoms with Crippen molar-refractivity contribution >= 4 is 22.8 Å². The first-order valence-corrected chi connectivity index (χ1v) is 8.84. The summed E-state index contributed by atoms with van der Waals surface area (Å²) in [4.78, 5) is 18.9. The van der Waals surface area contributed by atoms with Crippen molar-refractivity contribution in [1.29, 1.82) is 0 Å². The average Bonchev–Trinajstić information content (AvgIpc) is 3.05.